The van der Waals surface area contributed by atoms with Crippen LogP contribution in [0.5, 0.6) is 0 Å². The summed E-state index contributed by atoms with van der Waals surface area (Å²) in [6, 6.07) is 0. The Balaban J connectivity index is 1.44. The van der Waals surface area contributed by atoms with Gasteiger partial charge in [0.15, 0.2) is 0 Å². The van der Waals surface area contributed by atoms with Crippen LogP contribution < -0.4 is 5.32 Å². The highest BCUT2D eigenvalue weighted by atomic mass is 16.4. The topological polar surface area (TPSA) is 107 Å². The van der Waals surface area contributed by atoms with Crippen LogP contribution in [0.25, 0.3) is 0 Å². The maximum Gasteiger partial charge on any atom is 0.322 e. The Morgan fingerprint density at radius 3 is 2.41 bits per heavy atom. The molecule has 0 aromatic heterocycles. The van der Waals surface area contributed by atoms with Gasteiger partial charge in [0.1, 0.15) is 6.54 Å². The fraction of sp³-hybridized carbons (Fsp3) is 0.923. The third-order valence-electron chi connectivity index (χ3n) is 10.7. The van der Waals surface area contributed by atoms with Gasteiger partial charge in [0.25, 0.3) is 0 Å². The summed E-state index contributed by atoms with van der Waals surface area (Å²) in [5.41, 5.74) is 0.451. The Morgan fingerprint density at radius 2 is 1.69 bits per heavy atom. The van der Waals surface area contributed by atoms with Gasteiger partial charge < -0.3 is 20.6 Å². The molecule has 0 spiro atoms. The Labute approximate surface area is 192 Å². The van der Waals surface area contributed by atoms with Gasteiger partial charge in [-0.05, 0) is 104 Å². The van der Waals surface area contributed by atoms with Crippen LogP contribution >= 0.6 is 0 Å². The van der Waals surface area contributed by atoms with Gasteiger partial charge in [0.2, 0.25) is 5.91 Å². The van der Waals surface area contributed by atoms with Crippen molar-refractivity contribution in [3.63, 3.8) is 0 Å². The molecule has 0 bridgehead atoms. The molecule has 0 aliphatic heterocycles. The molecule has 10 atom stereocenters. The Morgan fingerprint density at radius 1 is 1.00 bits per heavy atom. The van der Waals surface area contributed by atoms with E-state index in [2.05, 4.69) is 26.1 Å². The van der Waals surface area contributed by atoms with E-state index in [1.807, 2.05) is 0 Å². The quantitative estimate of drug-likeness (QED) is 0.496. The molecule has 4 aliphatic carbocycles. The summed E-state index contributed by atoms with van der Waals surface area (Å²) in [4.78, 5) is 22.7. The van der Waals surface area contributed by atoms with E-state index in [0.29, 0.717) is 41.9 Å². The second-order valence-corrected chi connectivity index (χ2v) is 12.1. The van der Waals surface area contributed by atoms with Crippen molar-refractivity contribution in [2.45, 2.75) is 97.2 Å². The van der Waals surface area contributed by atoms with Crippen molar-refractivity contribution in [3.8, 4) is 0 Å². The molecule has 32 heavy (non-hydrogen) atoms. The first-order valence-electron chi connectivity index (χ1n) is 12.9. The van der Waals surface area contributed by atoms with Crippen LogP contribution in [0.3, 0.4) is 0 Å². The number of hydrogen-bond donors (Lipinski definition) is 4. The molecule has 4 N–H and O–H groups in total. The minimum atomic E-state index is -1.01. The molecule has 0 radical (unpaired) electrons. The van der Waals surface area contributed by atoms with Crippen molar-refractivity contribution in [1.29, 1.82) is 0 Å². The number of aliphatic carboxylic acids is 1. The minimum Gasteiger partial charge on any atom is -0.480 e. The monoisotopic (exact) mass is 449 g/mol. The molecule has 6 nitrogen and oxygen atoms in total. The summed E-state index contributed by atoms with van der Waals surface area (Å²) in [5, 5.41) is 32.8. The molecule has 0 saturated heterocycles. The summed E-state index contributed by atoms with van der Waals surface area (Å²) < 4.78 is 0. The van der Waals surface area contributed by atoms with Crippen LogP contribution in [0.1, 0.15) is 85.0 Å². The zero-order valence-electron chi connectivity index (χ0n) is 20.1. The van der Waals surface area contributed by atoms with Crippen molar-refractivity contribution in [3.05, 3.63) is 0 Å². The molecule has 3 unspecified atom stereocenters. The van der Waals surface area contributed by atoms with E-state index in [4.69, 9.17) is 5.11 Å². The lowest BCUT2D eigenvalue weighted by atomic mass is 9.43. The minimum absolute atomic E-state index is 0.177. The van der Waals surface area contributed by atoms with Gasteiger partial charge in [-0.25, -0.2) is 0 Å². The predicted molar refractivity (Wildman–Crippen MR) is 122 cm³/mol. The van der Waals surface area contributed by atoms with E-state index in [9.17, 15) is 19.8 Å². The van der Waals surface area contributed by atoms with Crippen LogP contribution in [0.4, 0.5) is 0 Å². The van der Waals surface area contributed by atoms with Crippen molar-refractivity contribution >= 4 is 11.9 Å². The highest BCUT2D eigenvalue weighted by Gasteiger charge is 2.62. The SMILES string of the molecule is C[C@H](CCC(=O)NCC(=O)O)[C@H]1CCC2C3C(CC[C@@]21C)[C@@]1(C)CC[C@@H](O)C[C@H]1C[C@H]3O. The highest BCUT2D eigenvalue weighted by molar-refractivity contribution is 5.81. The summed E-state index contributed by atoms with van der Waals surface area (Å²) in [6.07, 6.45) is 9.06. The second-order valence-electron chi connectivity index (χ2n) is 12.1. The molecule has 4 aliphatic rings. The molecule has 0 heterocycles. The first-order valence-corrected chi connectivity index (χ1v) is 12.9. The first kappa shape index (κ1) is 24.0. The fourth-order valence-corrected chi connectivity index (χ4v) is 9.00. The number of carbonyl (C=O) groups is 2. The summed E-state index contributed by atoms with van der Waals surface area (Å²) in [5.74, 6) is 1.66. The van der Waals surface area contributed by atoms with Crippen molar-refractivity contribution < 1.29 is 24.9 Å². The highest BCUT2D eigenvalue weighted by Crippen LogP contribution is 2.68. The van der Waals surface area contributed by atoms with E-state index in [0.717, 1.165) is 44.9 Å². The van der Waals surface area contributed by atoms with Gasteiger partial charge in [-0.1, -0.05) is 20.8 Å². The zero-order chi connectivity index (χ0) is 23.3. The predicted octanol–water partition coefficient (Wildman–Crippen LogP) is 3.59. The van der Waals surface area contributed by atoms with Crippen LogP contribution in [-0.2, 0) is 9.59 Å². The second kappa shape index (κ2) is 8.90. The normalized spacial score (nSPS) is 46.5. The van der Waals surface area contributed by atoms with Crippen molar-refractivity contribution in [1.82, 2.24) is 5.32 Å². The maximum atomic E-state index is 12.0. The van der Waals surface area contributed by atoms with Gasteiger partial charge in [0, 0.05) is 6.42 Å². The third-order valence-corrected chi connectivity index (χ3v) is 10.7. The average Bonchev–Trinajstić information content (AvgIpc) is 3.09. The Kier molecular flexibility index (Phi) is 6.68. The number of carboxylic acid groups (broad SMARTS) is 1. The van der Waals surface area contributed by atoms with Crippen LogP contribution in [0.15, 0.2) is 0 Å². The zero-order valence-corrected chi connectivity index (χ0v) is 20.1. The van der Waals surface area contributed by atoms with E-state index in [1.54, 1.807) is 0 Å². The van der Waals surface area contributed by atoms with Gasteiger partial charge in [0.05, 0.1) is 12.2 Å². The molecular formula is C26H43NO5. The van der Waals surface area contributed by atoms with Crippen LogP contribution in [0, 0.1) is 46.3 Å². The largest absolute Gasteiger partial charge is 0.480 e. The third kappa shape index (κ3) is 4.11. The number of fused-ring (bicyclic) bond motifs is 5. The number of amides is 1. The summed E-state index contributed by atoms with van der Waals surface area (Å²) in [7, 11) is 0. The maximum absolute atomic E-state index is 12.0. The molecule has 182 valence electrons. The fourth-order valence-electron chi connectivity index (χ4n) is 9.00. The first-order chi connectivity index (χ1) is 15.1. The summed E-state index contributed by atoms with van der Waals surface area (Å²) in [6.45, 7) is 6.83. The molecule has 4 saturated carbocycles. The van der Waals surface area contributed by atoms with Gasteiger partial charge in [-0.2, -0.15) is 0 Å². The standard InChI is InChI=1S/C26H43NO5/c1-15(4-7-22(30)27-14-23(31)32)18-5-6-19-24-20(9-11-26(18,19)3)25(2)10-8-17(28)12-16(25)13-21(24)29/h15-21,24,28-29H,4-14H2,1-3H3,(H,27,30)(H,31,32)/t15-,16+,17-,18-,19?,20?,21-,24?,25+,26-/m1/s1. The molecule has 4 fully saturated rings. The van der Waals surface area contributed by atoms with Gasteiger partial charge in [-0.3, -0.25) is 9.59 Å². The van der Waals surface area contributed by atoms with Crippen LogP contribution in [-0.4, -0.2) is 45.9 Å². The number of nitrogens with one attached hydrogen (secondary N) is 1. The average molecular weight is 450 g/mol. The van der Waals surface area contributed by atoms with Crippen LogP contribution in [0.2, 0.25) is 0 Å². The lowest BCUT2D eigenvalue weighted by Crippen LogP contribution is -2.58. The number of aliphatic hydroxyl groups excluding tert-OH is 2. The van der Waals surface area contributed by atoms with Crippen molar-refractivity contribution in [2.75, 3.05) is 6.54 Å². The van der Waals surface area contributed by atoms with E-state index < -0.39 is 5.97 Å². The smallest absolute Gasteiger partial charge is 0.322 e. The van der Waals surface area contributed by atoms with E-state index in [-0.39, 0.29) is 35.5 Å². The van der Waals surface area contributed by atoms with E-state index >= 15 is 0 Å². The Hall–Kier alpha value is -1.14. The molecule has 4 rings (SSSR count). The number of hydrogen-bond acceptors (Lipinski definition) is 4. The van der Waals surface area contributed by atoms with E-state index in [1.165, 1.54) is 12.8 Å². The lowest BCUT2D eigenvalue weighted by molar-refractivity contribution is -0.174. The molecule has 0 aromatic rings. The summed E-state index contributed by atoms with van der Waals surface area (Å²) >= 11 is 0. The van der Waals surface area contributed by atoms with Crippen molar-refractivity contribution in [2.24, 2.45) is 46.3 Å². The molecule has 6 heteroatoms. The number of carbonyl (C=O) groups excluding carboxylic acids is 1. The molecule has 0 aromatic carbocycles. The van der Waals surface area contributed by atoms with Gasteiger partial charge >= 0.3 is 5.97 Å². The number of aliphatic hydroxyl groups is 2. The molecule has 1 amide bonds. The molecular weight excluding hydrogens is 406 g/mol. The Bertz CT molecular complexity index is 727. The number of carboxylic acids is 1. The lowest BCUT2D eigenvalue weighted by Gasteiger charge is -2.62. The number of rotatable bonds is 6. The van der Waals surface area contributed by atoms with Gasteiger partial charge in [-0.15, -0.1) is 0 Å².